The maximum Gasteiger partial charge on any atom is 0.256 e. The number of carbonyl (C=O) groups excluding carboxylic acids is 2. The van der Waals surface area contributed by atoms with Gasteiger partial charge in [0.2, 0.25) is 5.91 Å². The highest BCUT2D eigenvalue weighted by Gasteiger charge is 2.30. The number of ether oxygens (including phenoxy) is 1. The van der Waals surface area contributed by atoms with Crippen molar-refractivity contribution in [3.8, 4) is 0 Å². The third-order valence-corrected chi connectivity index (χ3v) is 4.03. The van der Waals surface area contributed by atoms with Crippen LogP contribution in [0.4, 0.5) is 11.5 Å². The number of hydrogen-bond acceptors (Lipinski definition) is 5. The Hall–Kier alpha value is -2.93. The molecule has 7 nitrogen and oxygen atoms in total. The van der Waals surface area contributed by atoms with E-state index in [1.165, 1.54) is 7.11 Å². The lowest BCUT2D eigenvalue weighted by Gasteiger charge is -2.35. The van der Waals surface area contributed by atoms with Gasteiger partial charge in [-0.05, 0) is 36.8 Å². The zero-order chi connectivity index (χ0) is 18.0. The van der Waals surface area contributed by atoms with E-state index in [4.69, 9.17) is 4.74 Å². The molecule has 0 fully saturated rings. The van der Waals surface area contributed by atoms with Gasteiger partial charge in [0.1, 0.15) is 18.6 Å². The standard InChI is InChI=1S/C18H20N4O3/c1-11-4-9-14-17(19-11)22(2)16(21-18(14)24)12-5-7-13(8-6-12)20-15(23)10-25-3/h4-9,16H,10H2,1-3H3,(H,20,23)(H,21,24)/t16-/m0/s1. The van der Waals surface area contributed by atoms with Gasteiger partial charge in [-0.3, -0.25) is 9.59 Å². The molecular formula is C18H20N4O3. The van der Waals surface area contributed by atoms with Crippen molar-refractivity contribution >= 4 is 23.3 Å². The van der Waals surface area contributed by atoms with E-state index >= 15 is 0 Å². The fraction of sp³-hybridized carbons (Fsp3) is 0.278. The van der Waals surface area contributed by atoms with Gasteiger partial charge in [0, 0.05) is 25.5 Å². The maximum atomic E-state index is 12.4. The molecule has 2 N–H and O–H groups in total. The summed E-state index contributed by atoms with van der Waals surface area (Å²) in [5, 5.41) is 5.72. The molecule has 0 radical (unpaired) electrons. The normalized spacial score (nSPS) is 16.2. The molecular weight excluding hydrogens is 320 g/mol. The maximum absolute atomic E-state index is 12.4. The number of benzene rings is 1. The van der Waals surface area contributed by atoms with Gasteiger partial charge in [0.25, 0.3) is 5.91 Å². The van der Waals surface area contributed by atoms with Crippen molar-refractivity contribution in [2.24, 2.45) is 0 Å². The Kier molecular flexibility index (Phi) is 4.67. The average molecular weight is 340 g/mol. The lowest BCUT2D eigenvalue weighted by molar-refractivity contribution is -0.119. The van der Waals surface area contributed by atoms with Crippen LogP contribution in [0.25, 0.3) is 0 Å². The quantitative estimate of drug-likeness (QED) is 0.887. The van der Waals surface area contributed by atoms with E-state index in [2.05, 4.69) is 15.6 Å². The van der Waals surface area contributed by atoms with Gasteiger partial charge in [-0.1, -0.05) is 12.1 Å². The van der Waals surface area contributed by atoms with Crippen LogP contribution in [0.2, 0.25) is 0 Å². The fourth-order valence-electron chi connectivity index (χ4n) is 2.79. The number of fused-ring (bicyclic) bond motifs is 1. The number of anilines is 2. The minimum absolute atomic E-state index is 0.00494. The number of pyridine rings is 1. The Labute approximate surface area is 146 Å². The van der Waals surface area contributed by atoms with Crippen LogP contribution in [0.3, 0.4) is 0 Å². The Morgan fingerprint density at radius 1 is 1.28 bits per heavy atom. The molecule has 0 saturated heterocycles. The number of amides is 2. The Balaban J connectivity index is 1.82. The summed E-state index contributed by atoms with van der Waals surface area (Å²) in [4.78, 5) is 30.3. The highest BCUT2D eigenvalue weighted by molar-refractivity contribution is 6.01. The summed E-state index contributed by atoms with van der Waals surface area (Å²) < 4.78 is 4.79. The van der Waals surface area contributed by atoms with Crippen LogP contribution >= 0.6 is 0 Å². The molecule has 0 bridgehead atoms. The molecule has 1 atom stereocenters. The molecule has 0 aliphatic carbocycles. The highest BCUT2D eigenvalue weighted by atomic mass is 16.5. The van der Waals surface area contributed by atoms with Crippen LogP contribution in [0.15, 0.2) is 36.4 Å². The molecule has 3 rings (SSSR count). The summed E-state index contributed by atoms with van der Waals surface area (Å²) >= 11 is 0. The highest BCUT2D eigenvalue weighted by Crippen LogP contribution is 2.30. The Morgan fingerprint density at radius 3 is 2.68 bits per heavy atom. The zero-order valence-corrected chi connectivity index (χ0v) is 14.4. The van der Waals surface area contributed by atoms with E-state index in [-0.39, 0.29) is 24.6 Å². The first kappa shape index (κ1) is 16.9. The molecule has 0 unspecified atom stereocenters. The van der Waals surface area contributed by atoms with Crippen LogP contribution in [0.1, 0.15) is 27.8 Å². The summed E-state index contributed by atoms with van der Waals surface area (Å²) in [6.45, 7) is 1.90. The first-order chi connectivity index (χ1) is 12.0. The van der Waals surface area contributed by atoms with Crippen LogP contribution in [0.5, 0.6) is 0 Å². The number of aromatic nitrogens is 1. The van der Waals surface area contributed by atoms with Gasteiger partial charge in [0.15, 0.2) is 0 Å². The Bertz CT molecular complexity index is 804. The number of aryl methyl sites for hydroxylation is 1. The van der Waals surface area contributed by atoms with Gasteiger partial charge >= 0.3 is 0 Å². The van der Waals surface area contributed by atoms with Crippen molar-refractivity contribution in [2.75, 3.05) is 31.0 Å². The second-order valence-corrected chi connectivity index (χ2v) is 5.91. The molecule has 25 heavy (non-hydrogen) atoms. The van der Waals surface area contributed by atoms with Gasteiger partial charge in [-0.25, -0.2) is 4.98 Å². The molecule has 1 aromatic heterocycles. The van der Waals surface area contributed by atoms with Crippen molar-refractivity contribution in [2.45, 2.75) is 13.1 Å². The van der Waals surface area contributed by atoms with E-state index in [1.54, 1.807) is 18.2 Å². The van der Waals surface area contributed by atoms with Crippen molar-refractivity contribution in [3.63, 3.8) is 0 Å². The molecule has 2 amide bonds. The average Bonchev–Trinajstić information content (AvgIpc) is 2.59. The van der Waals surface area contributed by atoms with Crippen molar-refractivity contribution < 1.29 is 14.3 Å². The third kappa shape index (κ3) is 3.46. The first-order valence-electron chi connectivity index (χ1n) is 7.89. The fourth-order valence-corrected chi connectivity index (χ4v) is 2.79. The second kappa shape index (κ2) is 6.90. The van der Waals surface area contributed by atoms with Gasteiger partial charge in [-0.2, -0.15) is 0 Å². The van der Waals surface area contributed by atoms with E-state index < -0.39 is 0 Å². The number of hydrogen-bond donors (Lipinski definition) is 2. The molecule has 0 spiro atoms. The van der Waals surface area contributed by atoms with Gasteiger partial charge in [0.05, 0.1) is 5.56 Å². The second-order valence-electron chi connectivity index (χ2n) is 5.91. The lowest BCUT2D eigenvalue weighted by atomic mass is 10.1. The van der Waals surface area contributed by atoms with Gasteiger partial charge in [-0.15, -0.1) is 0 Å². The predicted octanol–water partition coefficient (Wildman–Crippen LogP) is 1.85. The topological polar surface area (TPSA) is 83.6 Å². The Morgan fingerprint density at radius 2 is 2.00 bits per heavy atom. The zero-order valence-electron chi connectivity index (χ0n) is 14.4. The summed E-state index contributed by atoms with van der Waals surface area (Å²) in [5.41, 5.74) is 2.99. The minimum Gasteiger partial charge on any atom is -0.375 e. The minimum atomic E-state index is -0.321. The lowest BCUT2D eigenvalue weighted by Crippen LogP contribution is -2.45. The summed E-state index contributed by atoms with van der Waals surface area (Å²) in [6, 6.07) is 10.9. The van der Waals surface area contributed by atoms with Crippen LogP contribution < -0.4 is 15.5 Å². The summed E-state index contributed by atoms with van der Waals surface area (Å²) in [5.74, 6) is 0.293. The number of rotatable bonds is 4. The number of nitrogens with zero attached hydrogens (tertiary/aromatic N) is 2. The largest absolute Gasteiger partial charge is 0.375 e. The summed E-state index contributed by atoms with van der Waals surface area (Å²) in [7, 11) is 3.36. The third-order valence-electron chi connectivity index (χ3n) is 4.03. The van der Waals surface area contributed by atoms with Crippen LogP contribution in [0, 0.1) is 6.92 Å². The summed E-state index contributed by atoms with van der Waals surface area (Å²) in [6.07, 6.45) is -0.321. The number of methoxy groups -OCH3 is 1. The predicted molar refractivity (Wildman–Crippen MR) is 94.5 cm³/mol. The first-order valence-corrected chi connectivity index (χ1v) is 7.89. The van der Waals surface area contributed by atoms with Gasteiger partial charge < -0.3 is 20.3 Å². The van der Waals surface area contributed by atoms with Crippen molar-refractivity contribution in [3.05, 3.63) is 53.2 Å². The molecule has 1 aliphatic heterocycles. The molecule has 2 aromatic rings. The van der Waals surface area contributed by atoms with Crippen molar-refractivity contribution in [1.82, 2.24) is 10.3 Å². The monoisotopic (exact) mass is 340 g/mol. The molecule has 7 heteroatoms. The molecule has 0 saturated carbocycles. The SMILES string of the molecule is COCC(=O)Nc1ccc([C@H]2NC(=O)c3ccc(C)nc3N2C)cc1. The molecule has 1 aromatic carbocycles. The van der Waals surface area contributed by atoms with E-state index in [0.717, 1.165) is 11.3 Å². The van der Waals surface area contributed by atoms with Crippen LogP contribution in [-0.2, 0) is 9.53 Å². The molecule has 1 aliphatic rings. The smallest absolute Gasteiger partial charge is 0.256 e. The van der Waals surface area contributed by atoms with Crippen molar-refractivity contribution in [1.29, 1.82) is 0 Å². The molecule has 2 heterocycles. The van der Waals surface area contributed by atoms with E-state index in [9.17, 15) is 9.59 Å². The van der Waals surface area contributed by atoms with Crippen LogP contribution in [-0.4, -0.2) is 37.6 Å². The van der Waals surface area contributed by atoms with E-state index in [1.807, 2.05) is 37.1 Å². The van der Waals surface area contributed by atoms with E-state index in [0.29, 0.717) is 17.1 Å². The number of carbonyl (C=O) groups is 2. The molecule has 130 valence electrons. The number of nitrogens with one attached hydrogen (secondary N) is 2.